The van der Waals surface area contributed by atoms with E-state index in [-0.39, 0.29) is 18.2 Å². The number of methoxy groups -OCH3 is 1. The first-order chi connectivity index (χ1) is 10.6. The Hall–Kier alpha value is -0.810. The van der Waals surface area contributed by atoms with Gasteiger partial charge in [-0.2, -0.15) is 0 Å². The minimum atomic E-state index is -0.462. The minimum Gasteiger partial charge on any atom is -0.444 e. The van der Waals surface area contributed by atoms with Crippen LogP contribution in [0.4, 0.5) is 4.79 Å². The minimum absolute atomic E-state index is 0.0280. The number of hydrogen-bond acceptors (Lipinski definition) is 4. The van der Waals surface area contributed by atoms with Crippen LogP contribution < -0.4 is 5.32 Å². The Bertz CT molecular complexity index is 417. The molecule has 5 heteroatoms. The second-order valence-electron chi connectivity index (χ2n) is 8.72. The summed E-state index contributed by atoms with van der Waals surface area (Å²) in [6.07, 6.45) is 4.83. The maximum absolute atomic E-state index is 12.3. The molecule has 1 saturated carbocycles. The van der Waals surface area contributed by atoms with E-state index in [1.54, 1.807) is 12.0 Å². The summed E-state index contributed by atoms with van der Waals surface area (Å²) < 4.78 is 11.1. The predicted molar refractivity (Wildman–Crippen MR) is 91.6 cm³/mol. The zero-order chi connectivity index (χ0) is 17.3. The lowest BCUT2D eigenvalue weighted by molar-refractivity contribution is 0.0251. The van der Waals surface area contributed by atoms with Crippen LogP contribution in [0.15, 0.2) is 0 Å². The first-order valence-electron chi connectivity index (χ1n) is 8.89. The molecule has 0 aromatic rings. The van der Waals surface area contributed by atoms with E-state index < -0.39 is 5.60 Å². The molecule has 1 amide bonds. The van der Waals surface area contributed by atoms with Gasteiger partial charge in [0, 0.05) is 19.7 Å². The summed E-state index contributed by atoms with van der Waals surface area (Å²) in [5, 5.41) is 3.78. The lowest BCUT2D eigenvalue weighted by Crippen LogP contribution is -2.52. The molecule has 2 fully saturated rings. The van der Waals surface area contributed by atoms with Crippen molar-refractivity contribution in [1.82, 2.24) is 10.2 Å². The lowest BCUT2D eigenvalue weighted by atomic mass is 9.73. The van der Waals surface area contributed by atoms with Crippen LogP contribution in [0.5, 0.6) is 0 Å². The Labute approximate surface area is 141 Å². The van der Waals surface area contributed by atoms with Crippen molar-refractivity contribution in [3.63, 3.8) is 0 Å². The van der Waals surface area contributed by atoms with Crippen LogP contribution in [0.3, 0.4) is 0 Å². The molecule has 1 N–H and O–H groups in total. The van der Waals surface area contributed by atoms with Gasteiger partial charge in [0.25, 0.3) is 0 Å². The van der Waals surface area contributed by atoms with Gasteiger partial charge in [-0.1, -0.05) is 26.7 Å². The number of amides is 1. The van der Waals surface area contributed by atoms with Crippen molar-refractivity contribution < 1.29 is 14.3 Å². The number of hydrogen-bond donors (Lipinski definition) is 1. The van der Waals surface area contributed by atoms with E-state index in [0.717, 1.165) is 0 Å². The molecule has 134 valence electrons. The molecule has 2 unspecified atom stereocenters. The smallest absolute Gasteiger partial charge is 0.410 e. The third-order valence-corrected chi connectivity index (χ3v) is 5.14. The van der Waals surface area contributed by atoms with Crippen molar-refractivity contribution in [2.24, 2.45) is 5.41 Å². The predicted octanol–water partition coefficient (Wildman–Crippen LogP) is 3.18. The average molecular weight is 326 g/mol. The van der Waals surface area contributed by atoms with Gasteiger partial charge in [0.2, 0.25) is 0 Å². The highest BCUT2D eigenvalue weighted by Crippen LogP contribution is 2.36. The Balaban J connectivity index is 1.97. The fraction of sp³-hybridized carbons (Fsp3) is 0.944. The van der Waals surface area contributed by atoms with Crippen LogP contribution in [0.1, 0.15) is 60.3 Å². The highest BCUT2D eigenvalue weighted by atomic mass is 16.6. The van der Waals surface area contributed by atoms with Crippen molar-refractivity contribution in [3.8, 4) is 0 Å². The summed E-state index contributed by atoms with van der Waals surface area (Å²) >= 11 is 0. The van der Waals surface area contributed by atoms with Crippen molar-refractivity contribution in [1.29, 1.82) is 0 Å². The molecular formula is C18H34N2O3. The summed E-state index contributed by atoms with van der Waals surface area (Å²) in [6.45, 7) is 11.6. The summed E-state index contributed by atoms with van der Waals surface area (Å²) in [5.41, 5.74) is -0.160. The number of carbonyl (C=O) groups is 1. The van der Waals surface area contributed by atoms with Crippen molar-refractivity contribution in [2.45, 2.75) is 84.1 Å². The molecule has 0 aromatic carbocycles. The summed E-state index contributed by atoms with van der Waals surface area (Å²) in [5.74, 6) is 0. The van der Waals surface area contributed by atoms with Crippen LogP contribution in [-0.2, 0) is 9.47 Å². The van der Waals surface area contributed by atoms with Gasteiger partial charge in [0.1, 0.15) is 5.60 Å². The van der Waals surface area contributed by atoms with Crippen LogP contribution in [0, 0.1) is 5.41 Å². The van der Waals surface area contributed by atoms with E-state index >= 15 is 0 Å². The van der Waals surface area contributed by atoms with Crippen LogP contribution in [0.2, 0.25) is 0 Å². The maximum Gasteiger partial charge on any atom is 0.410 e. The van der Waals surface area contributed by atoms with Crippen molar-refractivity contribution in [2.75, 3.05) is 20.2 Å². The van der Waals surface area contributed by atoms with Crippen molar-refractivity contribution >= 4 is 6.09 Å². The fourth-order valence-corrected chi connectivity index (χ4v) is 3.71. The molecule has 1 aliphatic heterocycles. The zero-order valence-corrected chi connectivity index (χ0v) is 15.6. The van der Waals surface area contributed by atoms with E-state index in [2.05, 4.69) is 19.2 Å². The van der Waals surface area contributed by atoms with Gasteiger partial charge in [-0.05, 0) is 39.0 Å². The van der Waals surface area contributed by atoms with Gasteiger partial charge in [-0.3, -0.25) is 0 Å². The quantitative estimate of drug-likeness (QED) is 0.865. The molecule has 0 bridgehead atoms. The molecule has 23 heavy (non-hydrogen) atoms. The van der Waals surface area contributed by atoms with Crippen molar-refractivity contribution in [3.05, 3.63) is 0 Å². The molecule has 0 radical (unpaired) electrons. The van der Waals surface area contributed by atoms with Crippen LogP contribution in [-0.4, -0.2) is 55.0 Å². The molecule has 3 atom stereocenters. The topological polar surface area (TPSA) is 50.8 Å². The number of likely N-dealkylation sites (tertiary alicyclic amines) is 1. The van der Waals surface area contributed by atoms with Gasteiger partial charge < -0.3 is 19.7 Å². The molecule has 5 nitrogen and oxygen atoms in total. The second-order valence-corrected chi connectivity index (χ2v) is 8.72. The summed E-state index contributed by atoms with van der Waals surface area (Å²) in [7, 11) is 1.73. The normalized spacial score (nSPS) is 31.2. The number of ether oxygens (including phenoxy) is 2. The Kier molecular flexibility index (Phi) is 5.62. The highest BCUT2D eigenvalue weighted by molar-refractivity contribution is 5.68. The van der Waals surface area contributed by atoms with Gasteiger partial charge in [-0.15, -0.1) is 0 Å². The van der Waals surface area contributed by atoms with E-state index in [1.807, 2.05) is 20.8 Å². The maximum atomic E-state index is 12.3. The third kappa shape index (κ3) is 4.83. The molecule has 1 heterocycles. The fourth-order valence-electron chi connectivity index (χ4n) is 3.71. The Morgan fingerprint density at radius 2 is 1.91 bits per heavy atom. The number of nitrogens with one attached hydrogen (secondary N) is 1. The van der Waals surface area contributed by atoms with Gasteiger partial charge >= 0.3 is 6.09 Å². The number of carbonyl (C=O) groups excluding carboxylic acids is 1. The first kappa shape index (κ1) is 18.5. The van der Waals surface area contributed by atoms with Crippen LogP contribution >= 0.6 is 0 Å². The van der Waals surface area contributed by atoms with E-state index in [9.17, 15) is 4.79 Å². The molecule has 2 rings (SSSR count). The van der Waals surface area contributed by atoms with Gasteiger partial charge in [0.15, 0.2) is 0 Å². The third-order valence-electron chi connectivity index (χ3n) is 5.14. The van der Waals surface area contributed by atoms with E-state index in [1.165, 1.54) is 25.7 Å². The standard InChI is InChI=1S/C18H34N2O3/c1-17(2,3)23-16(21)20-11-13(14(12-20)22-6)19-15-9-7-8-10-18(15,4)5/h13-15,19H,7-12H2,1-6H3/t13?,14-,15?/m0/s1. The molecule has 0 spiro atoms. The summed E-state index contributed by atoms with van der Waals surface area (Å²) in [4.78, 5) is 14.1. The molecule has 2 aliphatic rings. The Morgan fingerprint density at radius 1 is 1.22 bits per heavy atom. The van der Waals surface area contributed by atoms with Crippen LogP contribution in [0.25, 0.3) is 0 Å². The van der Waals surface area contributed by atoms with Gasteiger partial charge in [-0.25, -0.2) is 4.79 Å². The second kappa shape index (κ2) is 6.98. The molecule has 0 aromatic heterocycles. The van der Waals surface area contributed by atoms with Gasteiger partial charge in [0.05, 0.1) is 18.7 Å². The number of rotatable bonds is 3. The largest absolute Gasteiger partial charge is 0.444 e. The number of nitrogens with zero attached hydrogens (tertiary/aromatic N) is 1. The monoisotopic (exact) mass is 326 g/mol. The first-order valence-corrected chi connectivity index (χ1v) is 8.89. The Morgan fingerprint density at radius 3 is 2.48 bits per heavy atom. The molecule has 1 aliphatic carbocycles. The molecule has 1 saturated heterocycles. The SMILES string of the molecule is CO[C@H]1CN(C(=O)OC(C)(C)C)CC1NC1CCCCC1(C)C. The van der Waals surface area contributed by atoms with E-state index in [0.29, 0.717) is 24.5 Å². The lowest BCUT2D eigenvalue weighted by Gasteiger charge is -2.41. The highest BCUT2D eigenvalue weighted by Gasteiger charge is 2.41. The van der Waals surface area contributed by atoms with E-state index in [4.69, 9.17) is 9.47 Å². The molecular weight excluding hydrogens is 292 g/mol. The zero-order valence-electron chi connectivity index (χ0n) is 15.6. The average Bonchev–Trinajstić information content (AvgIpc) is 2.82. The summed E-state index contributed by atoms with van der Waals surface area (Å²) in [6, 6.07) is 0.660.